The number of nitrogens with zero attached hydrogens (tertiary/aromatic N) is 2. The summed E-state index contributed by atoms with van der Waals surface area (Å²) in [5.74, 6) is -0.0114. The second-order valence-corrected chi connectivity index (χ2v) is 7.87. The number of anilines is 2. The summed E-state index contributed by atoms with van der Waals surface area (Å²) in [6.45, 7) is 2.44. The molecule has 2 amide bonds. The largest absolute Gasteiger partial charge is 0.497 e. The zero-order valence-electron chi connectivity index (χ0n) is 18.4. The van der Waals surface area contributed by atoms with Gasteiger partial charge in [-0.3, -0.25) is 14.4 Å². The number of para-hydroxylation sites is 1. The highest BCUT2D eigenvalue weighted by Crippen LogP contribution is 2.48. The Morgan fingerprint density at radius 3 is 2.30 bits per heavy atom. The number of hydroxylamine groups is 1. The molecule has 0 bridgehead atoms. The second-order valence-electron chi connectivity index (χ2n) is 7.87. The molecule has 0 saturated carbocycles. The van der Waals surface area contributed by atoms with Crippen molar-refractivity contribution in [2.24, 2.45) is 5.92 Å². The molecule has 0 N–H and O–H groups in total. The zero-order valence-corrected chi connectivity index (χ0v) is 18.4. The van der Waals surface area contributed by atoms with E-state index in [9.17, 15) is 9.59 Å². The van der Waals surface area contributed by atoms with Crippen LogP contribution in [0.1, 0.15) is 18.5 Å². The third-order valence-corrected chi connectivity index (χ3v) is 5.97. The highest BCUT2D eigenvalue weighted by atomic mass is 16.7. The average molecular weight is 444 g/mol. The van der Waals surface area contributed by atoms with Crippen molar-refractivity contribution >= 4 is 23.2 Å². The van der Waals surface area contributed by atoms with E-state index in [0.717, 1.165) is 11.3 Å². The molecule has 0 aromatic heterocycles. The zero-order chi connectivity index (χ0) is 22.9. The summed E-state index contributed by atoms with van der Waals surface area (Å²) >= 11 is 0. The number of amides is 2. The average Bonchev–Trinajstić information content (AvgIpc) is 3.36. The van der Waals surface area contributed by atoms with Crippen molar-refractivity contribution in [1.82, 2.24) is 0 Å². The molecule has 2 fully saturated rings. The Morgan fingerprint density at radius 1 is 0.848 bits per heavy atom. The maximum Gasteiger partial charge on any atom is 0.266 e. The van der Waals surface area contributed by atoms with Gasteiger partial charge in [0, 0.05) is 0 Å². The number of imide groups is 1. The molecule has 0 aliphatic carbocycles. The number of methoxy groups -OCH3 is 1. The van der Waals surface area contributed by atoms with Gasteiger partial charge in [-0.25, -0.2) is 9.96 Å². The minimum atomic E-state index is -0.916. The maximum absolute atomic E-state index is 13.7. The van der Waals surface area contributed by atoms with Crippen molar-refractivity contribution in [3.05, 3.63) is 84.4 Å². The lowest BCUT2D eigenvalue weighted by Gasteiger charge is -2.29. The molecule has 0 spiro atoms. The predicted octanol–water partition coefficient (Wildman–Crippen LogP) is 4.15. The number of ether oxygens (including phenoxy) is 2. The first-order valence-electron chi connectivity index (χ1n) is 10.9. The first-order valence-corrected chi connectivity index (χ1v) is 10.9. The maximum atomic E-state index is 13.7. The van der Waals surface area contributed by atoms with Crippen LogP contribution in [0.25, 0.3) is 0 Å². The third-order valence-electron chi connectivity index (χ3n) is 5.97. The van der Waals surface area contributed by atoms with Gasteiger partial charge in [-0.1, -0.05) is 30.3 Å². The molecule has 3 atom stereocenters. The SMILES string of the molecule is CCOc1ccc(N2C(=O)[C@@H]3[C@H](ON(c4ccccc4)[C@@H]3c3cccc(OC)c3)C2=O)cc1. The van der Waals surface area contributed by atoms with Gasteiger partial charge in [0.1, 0.15) is 17.4 Å². The van der Waals surface area contributed by atoms with Crippen LogP contribution in [0.15, 0.2) is 78.9 Å². The Balaban J connectivity index is 1.54. The fourth-order valence-corrected chi connectivity index (χ4v) is 4.49. The normalized spacial score (nSPS) is 21.9. The summed E-state index contributed by atoms with van der Waals surface area (Å²) in [4.78, 5) is 34.4. The summed E-state index contributed by atoms with van der Waals surface area (Å²) in [6.07, 6.45) is -0.916. The molecule has 7 nitrogen and oxygen atoms in total. The highest BCUT2D eigenvalue weighted by molar-refractivity contribution is 6.23. The van der Waals surface area contributed by atoms with Gasteiger partial charge in [0.15, 0.2) is 6.10 Å². The molecular formula is C26H24N2O5. The van der Waals surface area contributed by atoms with Crippen LogP contribution < -0.4 is 19.4 Å². The topological polar surface area (TPSA) is 68.3 Å². The minimum absolute atomic E-state index is 0.291. The summed E-state index contributed by atoms with van der Waals surface area (Å²) in [5, 5.41) is 1.68. The highest BCUT2D eigenvalue weighted by Gasteiger charge is 2.60. The second kappa shape index (κ2) is 8.60. The fraction of sp³-hybridized carbons (Fsp3) is 0.231. The molecule has 2 aliphatic heterocycles. The number of benzene rings is 3. The van der Waals surface area contributed by atoms with E-state index in [1.54, 1.807) is 36.4 Å². The van der Waals surface area contributed by atoms with Crippen LogP contribution in [-0.4, -0.2) is 31.6 Å². The van der Waals surface area contributed by atoms with Crippen LogP contribution in [0, 0.1) is 5.92 Å². The monoisotopic (exact) mass is 444 g/mol. The Kier molecular flexibility index (Phi) is 5.48. The Morgan fingerprint density at radius 2 is 1.61 bits per heavy atom. The lowest BCUT2D eigenvalue weighted by Crippen LogP contribution is -2.37. The predicted molar refractivity (Wildman–Crippen MR) is 123 cm³/mol. The lowest BCUT2D eigenvalue weighted by molar-refractivity contribution is -0.126. The van der Waals surface area contributed by atoms with Gasteiger partial charge < -0.3 is 9.47 Å². The third kappa shape index (κ3) is 3.60. The van der Waals surface area contributed by atoms with Gasteiger partial charge in [0.25, 0.3) is 5.91 Å². The Bertz CT molecular complexity index is 1160. The van der Waals surface area contributed by atoms with Crippen molar-refractivity contribution in [3.63, 3.8) is 0 Å². The van der Waals surface area contributed by atoms with E-state index < -0.39 is 18.1 Å². The van der Waals surface area contributed by atoms with Crippen molar-refractivity contribution in [2.45, 2.75) is 19.1 Å². The fourth-order valence-electron chi connectivity index (χ4n) is 4.49. The van der Waals surface area contributed by atoms with Crippen LogP contribution in [0.5, 0.6) is 11.5 Å². The first-order chi connectivity index (χ1) is 16.1. The lowest BCUT2D eigenvalue weighted by atomic mass is 9.90. The molecule has 2 heterocycles. The number of hydrogen-bond donors (Lipinski definition) is 0. The van der Waals surface area contributed by atoms with E-state index in [2.05, 4.69) is 0 Å². The van der Waals surface area contributed by atoms with E-state index in [4.69, 9.17) is 14.3 Å². The van der Waals surface area contributed by atoms with Crippen molar-refractivity contribution in [1.29, 1.82) is 0 Å². The molecule has 2 saturated heterocycles. The van der Waals surface area contributed by atoms with Gasteiger partial charge in [-0.15, -0.1) is 0 Å². The molecular weight excluding hydrogens is 420 g/mol. The molecule has 168 valence electrons. The van der Waals surface area contributed by atoms with E-state index in [0.29, 0.717) is 23.8 Å². The molecule has 3 aromatic rings. The molecule has 0 radical (unpaired) electrons. The summed E-state index contributed by atoms with van der Waals surface area (Å²) < 4.78 is 10.9. The molecule has 2 aliphatic rings. The van der Waals surface area contributed by atoms with Crippen LogP contribution in [-0.2, 0) is 14.4 Å². The number of hydrogen-bond acceptors (Lipinski definition) is 6. The standard InChI is InChI=1S/C26H24N2O5/c1-3-32-20-14-12-18(13-15-20)27-25(29)22-23(17-8-7-11-21(16-17)31-2)28(33-24(22)26(27)30)19-9-5-4-6-10-19/h4-16,22-24H,3H2,1-2H3/t22-,23+,24-/m0/s1. The summed E-state index contributed by atoms with van der Waals surface area (Å²) in [6, 6.07) is 23.5. The Hall–Kier alpha value is -3.84. The quantitative estimate of drug-likeness (QED) is 0.532. The van der Waals surface area contributed by atoms with Crippen molar-refractivity contribution < 1.29 is 23.9 Å². The molecule has 33 heavy (non-hydrogen) atoms. The van der Waals surface area contributed by atoms with Gasteiger partial charge >= 0.3 is 0 Å². The van der Waals surface area contributed by atoms with Crippen LogP contribution in [0.3, 0.4) is 0 Å². The first kappa shape index (κ1) is 21.0. The number of fused-ring (bicyclic) bond motifs is 1. The summed E-state index contributed by atoms with van der Waals surface area (Å²) in [7, 11) is 1.60. The number of rotatable bonds is 6. The smallest absolute Gasteiger partial charge is 0.266 e. The van der Waals surface area contributed by atoms with Gasteiger partial charge in [0.05, 0.1) is 31.1 Å². The molecule has 0 unspecified atom stereocenters. The summed E-state index contributed by atoms with van der Waals surface area (Å²) in [5.41, 5.74) is 2.11. The number of carbonyl (C=O) groups is 2. The van der Waals surface area contributed by atoms with Gasteiger partial charge in [-0.05, 0) is 61.0 Å². The number of carbonyl (C=O) groups excluding carboxylic acids is 2. The van der Waals surface area contributed by atoms with Gasteiger partial charge in [-0.2, -0.15) is 0 Å². The molecule has 5 rings (SSSR count). The van der Waals surface area contributed by atoms with E-state index >= 15 is 0 Å². The van der Waals surface area contributed by atoms with Crippen LogP contribution >= 0.6 is 0 Å². The molecule has 7 heteroatoms. The minimum Gasteiger partial charge on any atom is -0.497 e. The van der Waals surface area contributed by atoms with Crippen molar-refractivity contribution in [2.75, 3.05) is 23.7 Å². The van der Waals surface area contributed by atoms with Crippen molar-refractivity contribution in [3.8, 4) is 11.5 Å². The van der Waals surface area contributed by atoms with Crippen LogP contribution in [0.2, 0.25) is 0 Å². The van der Waals surface area contributed by atoms with E-state index in [1.165, 1.54) is 4.90 Å². The molecule has 3 aromatic carbocycles. The van der Waals surface area contributed by atoms with Gasteiger partial charge in [0.2, 0.25) is 5.91 Å². The Labute approximate surface area is 192 Å². The van der Waals surface area contributed by atoms with E-state index in [-0.39, 0.29) is 11.8 Å². The van der Waals surface area contributed by atoms with E-state index in [1.807, 2.05) is 61.5 Å². The van der Waals surface area contributed by atoms with Crippen LogP contribution in [0.4, 0.5) is 11.4 Å².